The second-order valence-electron chi connectivity index (χ2n) is 5.07. The van der Waals surface area contributed by atoms with Gasteiger partial charge in [0.1, 0.15) is 6.29 Å². The molecular weight excluding hydrogens is 272 g/mol. The first-order valence-electron chi connectivity index (χ1n) is 7.20. The van der Waals surface area contributed by atoms with Crippen molar-refractivity contribution in [3.8, 4) is 0 Å². The van der Waals surface area contributed by atoms with Gasteiger partial charge in [0, 0.05) is 26.6 Å². The maximum Gasteiger partial charge on any atom is 0.332 e. The molecule has 0 spiro atoms. The van der Waals surface area contributed by atoms with Crippen molar-refractivity contribution in [1.29, 1.82) is 0 Å². The summed E-state index contributed by atoms with van der Waals surface area (Å²) in [6, 6.07) is 0. The average Bonchev–Trinajstić information content (AvgIpc) is 2.89. The van der Waals surface area contributed by atoms with Gasteiger partial charge in [-0.2, -0.15) is 0 Å². The number of hydrogen-bond acceptors (Lipinski definition) is 4. The van der Waals surface area contributed by atoms with Crippen LogP contribution < -0.4 is 11.2 Å². The number of aryl methyl sites for hydroxylation is 2. The van der Waals surface area contributed by atoms with Crippen LogP contribution >= 0.6 is 0 Å². The minimum atomic E-state index is -0.361. The van der Waals surface area contributed by atoms with Gasteiger partial charge in [0.2, 0.25) is 0 Å². The first kappa shape index (κ1) is 15.2. The van der Waals surface area contributed by atoms with Gasteiger partial charge in [-0.05, 0) is 19.3 Å². The van der Waals surface area contributed by atoms with Crippen LogP contribution in [0.5, 0.6) is 0 Å². The van der Waals surface area contributed by atoms with Crippen molar-refractivity contribution < 1.29 is 4.79 Å². The topological polar surface area (TPSA) is 78.9 Å². The molecular formula is C14H20N4O3. The lowest BCUT2D eigenvalue weighted by atomic mass is 10.2. The van der Waals surface area contributed by atoms with Gasteiger partial charge in [0.05, 0.1) is 6.33 Å². The minimum absolute atomic E-state index is 0.301. The quantitative estimate of drug-likeness (QED) is 0.555. The maximum absolute atomic E-state index is 12.5. The minimum Gasteiger partial charge on any atom is -0.325 e. The number of nitrogens with zero attached hydrogens (tertiary/aromatic N) is 4. The van der Waals surface area contributed by atoms with Crippen molar-refractivity contribution in [3.05, 3.63) is 27.2 Å². The van der Waals surface area contributed by atoms with Gasteiger partial charge in [-0.1, -0.05) is 6.92 Å². The number of aldehydes is 1. The summed E-state index contributed by atoms with van der Waals surface area (Å²) in [6.07, 6.45) is 5.08. The number of carbonyl (C=O) groups is 1. The predicted octanol–water partition coefficient (Wildman–Crippen LogP) is 0.676. The van der Waals surface area contributed by atoms with Crippen LogP contribution in [-0.2, 0) is 24.9 Å². The Balaban J connectivity index is 2.49. The Hall–Kier alpha value is -2.18. The molecule has 0 unspecified atom stereocenters. The van der Waals surface area contributed by atoms with E-state index in [4.69, 9.17) is 0 Å². The second-order valence-corrected chi connectivity index (χ2v) is 5.07. The highest BCUT2D eigenvalue weighted by molar-refractivity contribution is 5.69. The van der Waals surface area contributed by atoms with E-state index in [1.165, 1.54) is 9.13 Å². The molecule has 114 valence electrons. The van der Waals surface area contributed by atoms with E-state index in [1.54, 1.807) is 17.9 Å². The van der Waals surface area contributed by atoms with Gasteiger partial charge >= 0.3 is 5.69 Å². The van der Waals surface area contributed by atoms with Gasteiger partial charge in [-0.25, -0.2) is 9.78 Å². The summed E-state index contributed by atoms with van der Waals surface area (Å²) in [5, 5.41) is 0. The molecule has 0 atom stereocenters. The van der Waals surface area contributed by atoms with Crippen LogP contribution in [0.25, 0.3) is 11.2 Å². The predicted molar refractivity (Wildman–Crippen MR) is 79.4 cm³/mol. The molecule has 2 heterocycles. The molecule has 0 aromatic carbocycles. The third-order valence-electron chi connectivity index (χ3n) is 3.52. The van der Waals surface area contributed by atoms with Crippen molar-refractivity contribution in [2.45, 2.75) is 45.7 Å². The molecule has 0 aliphatic carbocycles. The van der Waals surface area contributed by atoms with Crippen LogP contribution in [0.2, 0.25) is 0 Å². The molecule has 7 nitrogen and oxygen atoms in total. The van der Waals surface area contributed by atoms with Gasteiger partial charge in [-0.3, -0.25) is 13.9 Å². The molecule has 0 radical (unpaired) electrons. The summed E-state index contributed by atoms with van der Waals surface area (Å²) >= 11 is 0. The van der Waals surface area contributed by atoms with Crippen LogP contribution in [0.4, 0.5) is 0 Å². The van der Waals surface area contributed by atoms with E-state index in [2.05, 4.69) is 4.98 Å². The van der Waals surface area contributed by atoms with E-state index in [-0.39, 0.29) is 11.2 Å². The summed E-state index contributed by atoms with van der Waals surface area (Å²) in [5.41, 5.74) is 0.224. The molecule has 0 aliphatic heterocycles. The maximum atomic E-state index is 12.5. The first-order chi connectivity index (χ1) is 10.1. The zero-order valence-corrected chi connectivity index (χ0v) is 12.4. The zero-order chi connectivity index (χ0) is 15.4. The van der Waals surface area contributed by atoms with Crippen molar-refractivity contribution in [1.82, 2.24) is 18.7 Å². The molecule has 2 rings (SSSR count). The highest BCUT2D eigenvalue weighted by Crippen LogP contribution is 2.06. The Labute approximate surface area is 121 Å². The summed E-state index contributed by atoms with van der Waals surface area (Å²) in [4.78, 5) is 39.3. The number of fused-ring (bicyclic) bond motifs is 1. The summed E-state index contributed by atoms with van der Waals surface area (Å²) in [5.74, 6) is 0. The van der Waals surface area contributed by atoms with Crippen molar-refractivity contribution in [2.24, 2.45) is 7.05 Å². The standard InChI is InChI=1S/C14H20N4O3/c1-3-7-17-10-15-12-11(17)13(20)18(14(21)16(12)2)8-5-4-6-9-19/h9-10H,3-8H2,1-2H3. The molecule has 0 amide bonds. The fourth-order valence-corrected chi connectivity index (χ4v) is 2.43. The number of aromatic nitrogens is 4. The molecule has 0 bridgehead atoms. The van der Waals surface area contributed by atoms with E-state index < -0.39 is 0 Å². The van der Waals surface area contributed by atoms with Crippen LogP contribution in [-0.4, -0.2) is 25.0 Å². The zero-order valence-electron chi connectivity index (χ0n) is 12.4. The third-order valence-corrected chi connectivity index (χ3v) is 3.52. The molecule has 0 saturated heterocycles. The van der Waals surface area contributed by atoms with E-state index in [0.29, 0.717) is 43.5 Å². The summed E-state index contributed by atoms with van der Waals surface area (Å²) < 4.78 is 4.43. The Morgan fingerprint density at radius 2 is 2.00 bits per heavy atom. The van der Waals surface area contributed by atoms with Crippen LogP contribution in [0.15, 0.2) is 15.9 Å². The fourth-order valence-electron chi connectivity index (χ4n) is 2.43. The Bertz CT molecular complexity index is 754. The van der Waals surface area contributed by atoms with E-state index in [1.807, 2.05) is 6.92 Å². The highest BCUT2D eigenvalue weighted by Gasteiger charge is 2.15. The molecule has 0 N–H and O–H groups in total. The molecule has 0 saturated carbocycles. The Morgan fingerprint density at radius 3 is 2.67 bits per heavy atom. The lowest BCUT2D eigenvalue weighted by Crippen LogP contribution is -2.39. The SMILES string of the molecule is CCCn1cnc2c1c(=O)n(CCCCC=O)c(=O)n2C. The van der Waals surface area contributed by atoms with E-state index >= 15 is 0 Å². The number of unbranched alkanes of at least 4 members (excludes halogenated alkanes) is 2. The van der Waals surface area contributed by atoms with Crippen LogP contribution in [0.3, 0.4) is 0 Å². The first-order valence-corrected chi connectivity index (χ1v) is 7.20. The van der Waals surface area contributed by atoms with Gasteiger partial charge < -0.3 is 9.36 Å². The largest absolute Gasteiger partial charge is 0.332 e. The van der Waals surface area contributed by atoms with Crippen molar-refractivity contribution >= 4 is 17.5 Å². The number of hydrogen-bond donors (Lipinski definition) is 0. The van der Waals surface area contributed by atoms with Gasteiger partial charge in [0.15, 0.2) is 11.2 Å². The van der Waals surface area contributed by atoms with E-state index in [9.17, 15) is 14.4 Å². The fraction of sp³-hybridized carbons (Fsp3) is 0.571. The molecule has 2 aromatic rings. The van der Waals surface area contributed by atoms with Crippen LogP contribution in [0.1, 0.15) is 32.6 Å². The lowest BCUT2D eigenvalue weighted by Gasteiger charge is -2.09. The van der Waals surface area contributed by atoms with Crippen LogP contribution in [0, 0.1) is 0 Å². The second kappa shape index (κ2) is 6.51. The summed E-state index contributed by atoms with van der Waals surface area (Å²) in [7, 11) is 1.62. The van der Waals surface area contributed by atoms with E-state index in [0.717, 1.165) is 12.7 Å². The Kier molecular flexibility index (Phi) is 4.72. The molecule has 2 aromatic heterocycles. The lowest BCUT2D eigenvalue weighted by molar-refractivity contribution is -0.107. The molecule has 21 heavy (non-hydrogen) atoms. The highest BCUT2D eigenvalue weighted by atomic mass is 16.2. The van der Waals surface area contributed by atoms with Crippen molar-refractivity contribution in [3.63, 3.8) is 0 Å². The van der Waals surface area contributed by atoms with Gasteiger partial charge in [0.25, 0.3) is 5.56 Å². The normalized spacial score (nSPS) is 11.1. The molecule has 7 heteroatoms. The molecule has 0 aliphatic rings. The Morgan fingerprint density at radius 1 is 1.24 bits per heavy atom. The number of imidazole rings is 1. The number of rotatable bonds is 7. The van der Waals surface area contributed by atoms with Gasteiger partial charge in [-0.15, -0.1) is 0 Å². The smallest absolute Gasteiger partial charge is 0.325 e. The monoisotopic (exact) mass is 292 g/mol. The number of carbonyl (C=O) groups excluding carboxylic acids is 1. The third kappa shape index (κ3) is 2.81. The summed E-state index contributed by atoms with van der Waals surface area (Å²) in [6.45, 7) is 3.04. The molecule has 0 fully saturated rings. The van der Waals surface area contributed by atoms with Crippen molar-refractivity contribution in [2.75, 3.05) is 0 Å². The average molecular weight is 292 g/mol.